The van der Waals surface area contributed by atoms with Crippen LogP contribution in [-0.2, 0) is 6.54 Å². The highest BCUT2D eigenvalue weighted by atomic mass is 79.9. The summed E-state index contributed by atoms with van der Waals surface area (Å²) in [6.07, 6.45) is 19.3. The molecule has 0 bridgehead atoms. The van der Waals surface area contributed by atoms with Crippen LogP contribution < -0.4 is 21.5 Å². The van der Waals surface area contributed by atoms with E-state index >= 15 is 0 Å². The summed E-state index contributed by atoms with van der Waals surface area (Å²) >= 11 is 0. The van der Waals surface area contributed by atoms with E-state index in [2.05, 4.69) is 53.0 Å². The molecule has 2 nitrogen and oxygen atoms in total. The van der Waals surface area contributed by atoms with Crippen LogP contribution in [0.2, 0.25) is 0 Å². The third-order valence-electron chi connectivity index (χ3n) is 4.87. The summed E-state index contributed by atoms with van der Waals surface area (Å²) in [5.41, 5.74) is 2.28. The molecule has 0 aliphatic carbocycles. The molecule has 0 saturated carbocycles. The lowest BCUT2D eigenvalue weighted by Crippen LogP contribution is -3.00. The Morgan fingerprint density at radius 1 is 0.731 bits per heavy atom. The molecule has 0 atom stereocenters. The minimum atomic E-state index is 0. The van der Waals surface area contributed by atoms with Crippen molar-refractivity contribution in [2.75, 3.05) is 0 Å². The van der Waals surface area contributed by atoms with E-state index in [1.165, 1.54) is 76.3 Å². The van der Waals surface area contributed by atoms with Crippen molar-refractivity contribution >= 4 is 0 Å². The molecular formula is C23H35BrN2. The van der Waals surface area contributed by atoms with Crippen molar-refractivity contribution in [2.24, 2.45) is 0 Å². The first-order valence-corrected chi connectivity index (χ1v) is 10.3. The number of hydrogen-bond acceptors (Lipinski definition) is 1. The highest BCUT2D eigenvalue weighted by Crippen LogP contribution is 2.13. The third kappa shape index (κ3) is 8.93. The first-order valence-electron chi connectivity index (χ1n) is 10.3. The topological polar surface area (TPSA) is 16.8 Å². The van der Waals surface area contributed by atoms with Crippen LogP contribution in [-0.4, -0.2) is 4.98 Å². The Morgan fingerprint density at radius 2 is 1.35 bits per heavy atom. The molecule has 2 rings (SSSR count). The average molecular weight is 419 g/mol. The quantitative estimate of drug-likeness (QED) is 0.360. The Morgan fingerprint density at radius 3 is 1.96 bits per heavy atom. The van der Waals surface area contributed by atoms with Crippen LogP contribution in [0.4, 0.5) is 0 Å². The third-order valence-corrected chi connectivity index (χ3v) is 4.87. The Kier molecular flexibility index (Phi) is 13.1. The highest BCUT2D eigenvalue weighted by molar-refractivity contribution is 5.49. The van der Waals surface area contributed by atoms with Gasteiger partial charge in [0.1, 0.15) is 12.2 Å². The molecule has 3 heteroatoms. The van der Waals surface area contributed by atoms with Gasteiger partial charge in [-0.1, -0.05) is 70.8 Å². The van der Waals surface area contributed by atoms with E-state index in [1.807, 2.05) is 12.3 Å². The first kappa shape index (κ1) is 22.8. The van der Waals surface area contributed by atoms with Gasteiger partial charge in [-0.3, -0.25) is 0 Å². The van der Waals surface area contributed by atoms with Gasteiger partial charge in [0.2, 0.25) is 5.69 Å². The van der Waals surface area contributed by atoms with E-state index in [4.69, 9.17) is 0 Å². The van der Waals surface area contributed by atoms with Crippen molar-refractivity contribution < 1.29 is 21.5 Å². The standard InChI is InChI=1S/C23H35N2.BrH/c1-2-3-4-5-6-7-8-9-10-11-15-20-25-21-16-13-18-23(25)22-17-12-14-19-24-22;/h12-14,16-19,21H,2-11,15,20H2,1H3;1H/q+1;/p-1. The van der Waals surface area contributed by atoms with Gasteiger partial charge in [-0.15, -0.1) is 0 Å². The highest BCUT2D eigenvalue weighted by Gasteiger charge is 2.12. The number of nitrogens with zero attached hydrogens (tertiary/aromatic N) is 2. The largest absolute Gasteiger partial charge is 1.00 e. The lowest BCUT2D eigenvalue weighted by molar-refractivity contribution is -0.686. The van der Waals surface area contributed by atoms with Gasteiger partial charge in [0.25, 0.3) is 0 Å². The van der Waals surface area contributed by atoms with E-state index in [-0.39, 0.29) is 17.0 Å². The maximum absolute atomic E-state index is 4.49. The van der Waals surface area contributed by atoms with E-state index < -0.39 is 0 Å². The summed E-state index contributed by atoms with van der Waals surface area (Å²) in [4.78, 5) is 4.49. The zero-order chi connectivity index (χ0) is 17.6. The van der Waals surface area contributed by atoms with Crippen molar-refractivity contribution in [3.63, 3.8) is 0 Å². The van der Waals surface area contributed by atoms with Crippen LogP contribution in [0.5, 0.6) is 0 Å². The molecule has 144 valence electrons. The van der Waals surface area contributed by atoms with Crippen molar-refractivity contribution in [3.8, 4) is 11.4 Å². The molecule has 0 N–H and O–H groups in total. The Hall–Kier alpha value is -1.22. The number of aryl methyl sites for hydroxylation is 1. The Balaban J connectivity index is 0.00000338. The summed E-state index contributed by atoms with van der Waals surface area (Å²) in [5.74, 6) is 0. The second-order valence-corrected chi connectivity index (χ2v) is 7.03. The molecule has 0 radical (unpaired) electrons. The zero-order valence-corrected chi connectivity index (χ0v) is 18.0. The molecule has 0 aromatic carbocycles. The molecule has 0 spiro atoms. The number of hydrogen-bond donors (Lipinski definition) is 0. The van der Waals surface area contributed by atoms with Gasteiger partial charge < -0.3 is 17.0 Å². The molecule has 2 aromatic heterocycles. The lowest BCUT2D eigenvalue weighted by Gasteiger charge is -2.04. The molecule has 0 unspecified atom stereocenters. The van der Waals surface area contributed by atoms with E-state index in [9.17, 15) is 0 Å². The van der Waals surface area contributed by atoms with E-state index in [0.29, 0.717) is 0 Å². The van der Waals surface area contributed by atoms with Gasteiger partial charge in [-0.2, -0.15) is 4.57 Å². The summed E-state index contributed by atoms with van der Waals surface area (Å²) in [7, 11) is 0. The van der Waals surface area contributed by atoms with Crippen LogP contribution in [0.15, 0.2) is 48.8 Å². The van der Waals surface area contributed by atoms with Crippen LogP contribution in [0.3, 0.4) is 0 Å². The first-order chi connectivity index (χ1) is 12.4. The van der Waals surface area contributed by atoms with Crippen molar-refractivity contribution in [1.82, 2.24) is 4.98 Å². The molecule has 2 aromatic rings. The van der Waals surface area contributed by atoms with Crippen LogP contribution in [0.25, 0.3) is 11.4 Å². The normalized spacial score (nSPS) is 10.5. The fourth-order valence-corrected chi connectivity index (χ4v) is 3.36. The van der Waals surface area contributed by atoms with Gasteiger partial charge in [0.05, 0.1) is 0 Å². The number of rotatable bonds is 13. The zero-order valence-electron chi connectivity index (χ0n) is 16.4. The maximum atomic E-state index is 4.49. The van der Waals surface area contributed by atoms with Crippen LogP contribution in [0.1, 0.15) is 77.6 Å². The second kappa shape index (κ2) is 14.9. The van der Waals surface area contributed by atoms with Crippen molar-refractivity contribution in [1.29, 1.82) is 0 Å². The lowest BCUT2D eigenvalue weighted by atomic mass is 10.1. The maximum Gasteiger partial charge on any atom is 0.231 e. The SMILES string of the molecule is CCCCCCCCCCCCC[n+]1ccccc1-c1ccccn1.[Br-]. The molecule has 0 saturated heterocycles. The number of unbranched alkanes of at least 4 members (excludes halogenated alkanes) is 10. The fraction of sp³-hybridized carbons (Fsp3) is 0.565. The van der Waals surface area contributed by atoms with Gasteiger partial charge in [-0.25, -0.2) is 4.98 Å². The van der Waals surface area contributed by atoms with Gasteiger partial charge >= 0.3 is 0 Å². The summed E-state index contributed by atoms with van der Waals surface area (Å²) in [6, 6.07) is 12.5. The second-order valence-electron chi connectivity index (χ2n) is 7.03. The minimum absolute atomic E-state index is 0. The molecule has 2 heterocycles. The molecule has 26 heavy (non-hydrogen) atoms. The number of halogens is 1. The van der Waals surface area contributed by atoms with Crippen LogP contribution >= 0.6 is 0 Å². The van der Waals surface area contributed by atoms with Crippen molar-refractivity contribution in [2.45, 2.75) is 84.1 Å². The number of aromatic nitrogens is 2. The fourth-order valence-electron chi connectivity index (χ4n) is 3.36. The monoisotopic (exact) mass is 418 g/mol. The molecule has 0 amide bonds. The molecule has 0 aliphatic heterocycles. The predicted molar refractivity (Wildman–Crippen MR) is 106 cm³/mol. The summed E-state index contributed by atoms with van der Waals surface area (Å²) in [6.45, 7) is 3.37. The van der Waals surface area contributed by atoms with Gasteiger partial charge in [0, 0.05) is 24.8 Å². The summed E-state index contributed by atoms with van der Waals surface area (Å²) in [5, 5.41) is 0. The Labute approximate surface area is 170 Å². The van der Waals surface area contributed by atoms with E-state index in [1.54, 1.807) is 0 Å². The molecule has 0 fully saturated rings. The minimum Gasteiger partial charge on any atom is -1.00 e. The van der Waals surface area contributed by atoms with Gasteiger partial charge in [0.15, 0.2) is 6.20 Å². The van der Waals surface area contributed by atoms with E-state index in [0.717, 1.165) is 12.2 Å². The van der Waals surface area contributed by atoms with Gasteiger partial charge in [-0.05, 0) is 24.6 Å². The van der Waals surface area contributed by atoms with Crippen LogP contribution in [0, 0.1) is 0 Å². The molecule has 0 aliphatic rings. The predicted octanol–water partition coefficient (Wildman–Crippen LogP) is 3.35. The smallest absolute Gasteiger partial charge is 0.231 e. The number of pyridine rings is 2. The molecular weight excluding hydrogens is 384 g/mol. The van der Waals surface area contributed by atoms with Crippen molar-refractivity contribution in [3.05, 3.63) is 48.8 Å². The Bertz CT molecular complexity index is 571. The summed E-state index contributed by atoms with van der Waals surface area (Å²) < 4.78 is 2.34. The average Bonchev–Trinajstić information content (AvgIpc) is 2.67.